The number of fused-ring (bicyclic) bond motifs is 2. The van der Waals surface area contributed by atoms with Crippen LogP contribution in [0.3, 0.4) is 0 Å². The van der Waals surface area contributed by atoms with Gasteiger partial charge in [-0.1, -0.05) is 84.9 Å². The Hall–Kier alpha value is -2.43. The van der Waals surface area contributed by atoms with Gasteiger partial charge in [0.05, 0.1) is 9.65 Å². The van der Waals surface area contributed by atoms with Crippen molar-refractivity contribution in [1.29, 1.82) is 0 Å². The zero-order chi connectivity index (χ0) is 20.6. The van der Waals surface area contributed by atoms with Crippen molar-refractivity contribution < 1.29 is 9.90 Å². The fraction of sp³-hybridized carbons (Fsp3) is 0.192. The van der Waals surface area contributed by atoms with E-state index in [1.807, 2.05) is 90.3 Å². The maximum Gasteiger partial charge on any atom is 0.193 e. The van der Waals surface area contributed by atoms with Gasteiger partial charge in [-0.3, -0.25) is 4.79 Å². The van der Waals surface area contributed by atoms with E-state index >= 15 is 0 Å². The van der Waals surface area contributed by atoms with Gasteiger partial charge in [0, 0.05) is 17.0 Å². The Morgan fingerprint density at radius 3 is 2.13 bits per heavy atom. The van der Waals surface area contributed by atoms with Gasteiger partial charge in [-0.15, -0.1) is 23.5 Å². The molecule has 1 fully saturated rings. The van der Waals surface area contributed by atoms with Crippen LogP contribution < -0.4 is 0 Å². The van der Waals surface area contributed by atoms with Gasteiger partial charge >= 0.3 is 0 Å². The van der Waals surface area contributed by atoms with Crippen molar-refractivity contribution in [1.82, 2.24) is 0 Å². The minimum absolute atomic E-state index is 0.0711. The minimum Gasteiger partial charge on any atom is -0.507 e. The van der Waals surface area contributed by atoms with Gasteiger partial charge in [-0.05, 0) is 29.1 Å². The third-order valence-corrected chi connectivity index (χ3v) is 9.28. The number of ketones is 1. The van der Waals surface area contributed by atoms with Crippen LogP contribution in [0.1, 0.15) is 39.4 Å². The van der Waals surface area contributed by atoms with Crippen LogP contribution in [0, 0.1) is 0 Å². The number of hydrogen-bond acceptors (Lipinski definition) is 4. The topological polar surface area (TPSA) is 37.3 Å². The maximum atomic E-state index is 13.8. The van der Waals surface area contributed by atoms with E-state index in [1.54, 1.807) is 0 Å². The van der Waals surface area contributed by atoms with Crippen molar-refractivity contribution in [2.75, 3.05) is 11.5 Å². The number of carbonyl (C=O) groups is 1. The van der Waals surface area contributed by atoms with Crippen molar-refractivity contribution in [3.8, 4) is 0 Å². The minimum atomic E-state index is -0.331. The van der Waals surface area contributed by atoms with Gasteiger partial charge < -0.3 is 5.11 Å². The summed E-state index contributed by atoms with van der Waals surface area (Å²) >= 11 is 3.83. The van der Waals surface area contributed by atoms with Crippen LogP contribution in [0.4, 0.5) is 0 Å². The Bertz CT molecular complexity index is 1100. The highest BCUT2D eigenvalue weighted by Crippen LogP contribution is 2.64. The molecule has 1 unspecified atom stereocenters. The van der Waals surface area contributed by atoms with Crippen LogP contribution in [0.25, 0.3) is 5.76 Å². The van der Waals surface area contributed by atoms with Crippen molar-refractivity contribution in [3.63, 3.8) is 0 Å². The zero-order valence-electron chi connectivity index (χ0n) is 16.5. The molecule has 0 radical (unpaired) electrons. The van der Waals surface area contributed by atoms with Crippen LogP contribution >= 0.6 is 23.5 Å². The van der Waals surface area contributed by atoms with Gasteiger partial charge in [-0.25, -0.2) is 0 Å². The van der Waals surface area contributed by atoms with Crippen LogP contribution in [0.15, 0.2) is 90.5 Å². The summed E-state index contributed by atoms with van der Waals surface area (Å²) in [5.74, 6) is 1.88. The molecule has 0 amide bonds. The standard InChI is InChI=1S/C26H22O2S2/c27-24(19-12-5-2-6-13-19)22-23(18-10-3-1-4-11-18)26(29-16-9-17-30-26)21-15-8-7-14-20(21)25(22)28/h1-8,10-15,23,27H,9,16-17H2/b24-22+. The monoisotopic (exact) mass is 430 g/mol. The molecule has 150 valence electrons. The highest BCUT2D eigenvalue weighted by atomic mass is 32.2. The summed E-state index contributed by atoms with van der Waals surface area (Å²) in [6.45, 7) is 0. The number of aliphatic hydroxyl groups is 1. The quantitative estimate of drug-likeness (QED) is 0.364. The molecule has 3 aromatic carbocycles. The number of carbonyl (C=O) groups excluding carboxylic acids is 1. The predicted octanol–water partition coefficient (Wildman–Crippen LogP) is 6.66. The molecule has 1 saturated heterocycles. The summed E-state index contributed by atoms with van der Waals surface area (Å²) in [4.78, 5) is 13.8. The second-order valence-electron chi connectivity index (χ2n) is 7.56. The maximum absolute atomic E-state index is 13.8. The number of hydrogen-bond donors (Lipinski definition) is 1. The van der Waals surface area contributed by atoms with E-state index in [2.05, 4.69) is 18.2 Å². The van der Waals surface area contributed by atoms with E-state index in [4.69, 9.17) is 0 Å². The Labute approximate surface area is 185 Å². The van der Waals surface area contributed by atoms with E-state index in [1.165, 1.54) is 0 Å². The van der Waals surface area contributed by atoms with Gasteiger partial charge in [0.1, 0.15) is 5.76 Å². The first-order chi connectivity index (χ1) is 14.7. The third-order valence-electron chi connectivity index (χ3n) is 5.82. The lowest BCUT2D eigenvalue weighted by Crippen LogP contribution is -2.39. The lowest BCUT2D eigenvalue weighted by atomic mass is 9.73. The molecule has 3 aromatic rings. The van der Waals surface area contributed by atoms with E-state index < -0.39 is 0 Å². The summed E-state index contributed by atoms with van der Waals surface area (Å²) in [6.07, 6.45) is 1.15. The van der Waals surface area contributed by atoms with E-state index in [-0.39, 0.29) is 21.5 Å². The molecule has 1 spiro atoms. The molecular formula is C26H22O2S2. The zero-order valence-corrected chi connectivity index (χ0v) is 18.1. The molecule has 0 aromatic heterocycles. The summed E-state index contributed by atoms with van der Waals surface area (Å²) in [7, 11) is 0. The lowest BCUT2D eigenvalue weighted by molar-refractivity contribution is 0.101. The number of rotatable bonds is 2. The van der Waals surface area contributed by atoms with Crippen molar-refractivity contribution >= 4 is 35.1 Å². The molecule has 30 heavy (non-hydrogen) atoms. The average molecular weight is 431 g/mol. The number of Topliss-reactive ketones (excluding diaryl/α,β-unsaturated/α-hetero) is 1. The Kier molecular flexibility index (Phi) is 5.21. The van der Waals surface area contributed by atoms with Gasteiger partial charge in [0.25, 0.3) is 0 Å². The van der Waals surface area contributed by atoms with Crippen LogP contribution in [0.2, 0.25) is 0 Å². The molecule has 2 aliphatic rings. The molecule has 1 aliphatic carbocycles. The third kappa shape index (κ3) is 3.10. The molecule has 0 bridgehead atoms. The van der Waals surface area contributed by atoms with E-state index in [9.17, 15) is 9.90 Å². The molecular weight excluding hydrogens is 408 g/mol. The molecule has 1 atom stereocenters. The highest BCUT2D eigenvalue weighted by Gasteiger charge is 2.53. The second kappa shape index (κ2) is 8.01. The lowest BCUT2D eigenvalue weighted by Gasteiger charge is -2.47. The van der Waals surface area contributed by atoms with Gasteiger partial charge in [0.15, 0.2) is 5.78 Å². The first-order valence-electron chi connectivity index (χ1n) is 10.2. The summed E-state index contributed by atoms with van der Waals surface area (Å²) < 4.78 is -0.331. The fourth-order valence-corrected chi connectivity index (χ4v) is 8.21. The molecule has 0 saturated carbocycles. The van der Waals surface area contributed by atoms with Crippen molar-refractivity contribution in [2.45, 2.75) is 16.4 Å². The number of allylic oxidation sites excluding steroid dienone is 1. The molecule has 1 aliphatic heterocycles. The fourth-order valence-electron chi connectivity index (χ4n) is 4.50. The summed E-state index contributed by atoms with van der Waals surface area (Å²) in [6, 6.07) is 27.6. The summed E-state index contributed by atoms with van der Waals surface area (Å²) in [5, 5.41) is 11.4. The summed E-state index contributed by atoms with van der Waals surface area (Å²) in [5.41, 5.74) is 4.06. The first-order valence-corrected chi connectivity index (χ1v) is 12.1. The van der Waals surface area contributed by atoms with Crippen LogP contribution in [0.5, 0.6) is 0 Å². The molecule has 2 nitrogen and oxygen atoms in total. The Morgan fingerprint density at radius 1 is 0.833 bits per heavy atom. The molecule has 1 N–H and O–H groups in total. The second-order valence-corrected chi connectivity index (χ2v) is 10.5. The normalized spacial score (nSPS) is 21.9. The van der Waals surface area contributed by atoms with Crippen molar-refractivity contribution in [3.05, 3.63) is 113 Å². The number of thioether (sulfide) groups is 2. The molecule has 4 heteroatoms. The molecule has 1 heterocycles. The number of aliphatic hydroxyl groups excluding tert-OH is 1. The van der Waals surface area contributed by atoms with Crippen LogP contribution in [-0.2, 0) is 4.08 Å². The average Bonchev–Trinajstić information content (AvgIpc) is 2.83. The highest BCUT2D eigenvalue weighted by molar-refractivity contribution is 8.18. The van der Waals surface area contributed by atoms with Gasteiger partial charge in [-0.2, -0.15) is 0 Å². The Morgan fingerprint density at radius 2 is 1.43 bits per heavy atom. The van der Waals surface area contributed by atoms with E-state index in [0.717, 1.165) is 29.1 Å². The predicted molar refractivity (Wildman–Crippen MR) is 127 cm³/mol. The number of benzene rings is 3. The largest absolute Gasteiger partial charge is 0.507 e. The van der Waals surface area contributed by atoms with Crippen molar-refractivity contribution in [2.24, 2.45) is 0 Å². The smallest absolute Gasteiger partial charge is 0.193 e. The first kappa shape index (κ1) is 19.5. The van der Waals surface area contributed by atoms with E-state index in [0.29, 0.717) is 16.7 Å². The van der Waals surface area contributed by atoms with Gasteiger partial charge in [0.2, 0.25) is 0 Å². The molecule has 5 rings (SSSR count). The SMILES string of the molecule is O=C1/C(=C(/O)c2ccccc2)C(c2ccccc2)C2(SCCCS2)c2ccccc21. The Balaban J connectivity index is 1.84. The van der Waals surface area contributed by atoms with Crippen LogP contribution in [-0.4, -0.2) is 22.4 Å².